The number of carbonyl (C=O) groups is 1. The molecule has 0 aliphatic heterocycles. The molecule has 0 aromatic heterocycles. The van der Waals surface area contributed by atoms with Gasteiger partial charge in [0.2, 0.25) is 0 Å². The van der Waals surface area contributed by atoms with Crippen LogP contribution in [0, 0.1) is 11.7 Å². The topological polar surface area (TPSA) is 46.5 Å². The minimum absolute atomic E-state index is 0.313. The Balaban J connectivity index is 2.84. The number of rotatable bonds is 3. The number of benzene rings is 1. The van der Waals surface area contributed by atoms with Crippen molar-refractivity contribution in [2.45, 2.75) is 39.4 Å². The molecule has 1 aromatic carbocycles. The molecule has 0 aliphatic rings. The van der Waals surface area contributed by atoms with Crippen LogP contribution in [0.4, 0.5) is 4.39 Å². The molecular formula is C14H18BrFO3. The Hall–Kier alpha value is -0.940. The second-order valence-electron chi connectivity index (χ2n) is 5.44. The molecule has 0 spiro atoms. The summed E-state index contributed by atoms with van der Waals surface area (Å²) in [5.41, 5.74) is -0.269. The quantitative estimate of drug-likeness (QED) is 0.860. The highest BCUT2D eigenvalue weighted by molar-refractivity contribution is 9.10. The maximum Gasteiger partial charge on any atom is 0.312 e. The molecule has 0 fully saturated rings. The first-order valence-corrected chi connectivity index (χ1v) is 6.77. The summed E-state index contributed by atoms with van der Waals surface area (Å²) in [7, 11) is 0. The van der Waals surface area contributed by atoms with E-state index in [0.29, 0.717) is 10.0 Å². The summed E-state index contributed by atoms with van der Waals surface area (Å²) in [6, 6.07) is 4.27. The van der Waals surface area contributed by atoms with Gasteiger partial charge in [-0.25, -0.2) is 4.39 Å². The second kappa shape index (κ2) is 6.01. The van der Waals surface area contributed by atoms with Crippen molar-refractivity contribution in [3.63, 3.8) is 0 Å². The maximum atomic E-state index is 13.4. The van der Waals surface area contributed by atoms with Crippen LogP contribution in [0.3, 0.4) is 0 Å². The van der Waals surface area contributed by atoms with Crippen molar-refractivity contribution in [1.29, 1.82) is 0 Å². The van der Waals surface area contributed by atoms with E-state index in [2.05, 4.69) is 15.9 Å². The molecule has 0 bridgehead atoms. The van der Waals surface area contributed by atoms with Crippen LogP contribution in [0.1, 0.15) is 39.4 Å². The number of hydrogen-bond donors (Lipinski definition) is 1. The zero-order chi connectivity index (χ0) is 14.8. The first-order chi connectivity index (χ1) is 8.61. The van der Waals surface area contributed by atoms with Crippen LogP contribution >= 0.6 is 15.9 Å². The van der Waals surface area contributed by atoms with Gasteiger partial charge in [-0.2, -0.15) is 0 Å². The Bertz CT molecular complexity index is 468. The molecule has 0 heterocycles. The smallest absolute Gasteiger partial charge is 0.312 e. The van der Waals surface area contributed by atoms with Crippen LogP contribution in [0.5, 0.6) is 0 Å². The zero-order valence-corrected chi connectivity index (χ0v) is 13.0. The van der Waals surface area contributed by atoms with Crippen LogP contribution in [0.2, 0.25) is 0 Å². The second-order valence-corrected chi connectivity index (χ2v) is 6.29. The highest BCUT2D eigenvalue weighted by Gasteiger charge is 2.28. The molecule has 1 aromatic rings. The third kappa shape index (κ3) is 4.58. The van der Waals surface area contributed by atoms with Gasteiger partial charge >= 0.3 is 5.97 Å². The van der Waals surface area contributed by atoms with E-state index in [1.54, 1.807) is 33.8 Å². The van der Waals surface area contributed by atoms with Gasteiger partial charge in [0.15, 0.2) is 0 Å². The third-order valence-electron chi connectivity index (χ3n) is 2.54. The van der Waals surface area contributed by atoms with E-state index in [1.807, 2.05) is 0 Å². The van der Waals surface area contributed by atoms with Gasteiger partial charge in [0.25, 0.3) is 0 Å². The average Bonchev–Trinajstić information content (AvgIpc) is 2.28. The van der Waals surface area contributed by atoms with E-state index in [9.17, 15) is 14.3 Å². The molecule has 5 heteroatoms. The molecule has 0 radical (unpaired) electrons. The number of aliphatic hydroxyl groups excluding tert-OH is 1. The van der Waals surface area contributed by atoms with E-state index in [-0.39, 0.29) is 0 Å². The lowest BCUT2D eigenvalue weighted by atomic mass is 9.97. The molecule has 0 amide bonds. The van der Waals surface area contributed by atoms with Gasteiger partial charge in [-0.1, -0.05) is 6.07 Å². The molecule has 2 atom stereocenters. The number of esters is 1. The van der Waals surface area contributed by atoms with Crippen molar-refractivity contribution >= 4 is 21.9 Å². The Kier molecular flexibility index (Phi) is 5.10. The largest absolute Gasteiger partial charge is 0.460 e. The van der Waals surface area contributed by atoms with Crippen molar-refractivity contribution in [1.82, 2.24) is 0 Å². The van der Waals surface area contributed by atoms with Crippen LogP contribution in [-0.4, -0.2) is 16.7 Å². The normalized spacial score (nSPS) is 14.9. The molecule has 19 heavy (non-hydrogen) atoms. The fourth-order valence-corrected chi connectivity index (χ4v) is 1.76. The van der Waals surface area contributed by atoms with Crippen LogP contribution < -0.4 is 0 Å². The van der Waals surface area contributed by atoms with Crippen molar-refractivity contribution < 1.29 is 19.0 Å². The van der Waals surface area contributed by atoms with Gasteiger partial charge < -0.3 is 9.84 Å². The zero-order valence-electron chi connectivity index (χ0n) is 11.4. The summed E-state index contributed by atoms with van der Waals surface area (Å²) in [4.78, 5) is 11.8. The number of aliphatic hydroxyl groups is 1. The predicted octanol–water partition coefficient (Wildman–Crippen LogP) is 3.60. The summed E-state index contributed by atoms with van der Waals surface area (Å²) >= 11 is 3.04. The number of hydrogen-bond acceptors (Lipinski definition) is 3. The van der Waals surface area contributed by atoms with Crippen LogP contribution in [-0.2, 0) is 9.53 Å². The molecule has 0 saturated carbocycles. The summed E-state index contributed by atoms with van der Waals surface area (Å²) in [5, 5.41) is 10.1. The standard InChI is InChI=1S/C14H18BrFO3/c1-8(13(18)19-14(2,3)4)12(17)9-5-6-10(15)11(16)7-9/h5-8,12,17H,1-4H3. The molecule has 0 saturated heterocycles. The van der Waals surface area contributed by atoms with Crippen molar-refractivity contribution in [3.8, 4) is 0 Å². The first kappa shape index (κ1) is 16.1. The Morgan fingerprint density at radius 3 is 2.47 bits per heavy atom. The Morgan fingerprint density at radius 1 is 1.42 bits per heavy atom. The minimum atomic E-state index is -1.10. The minimum Gasteiger partial charge on any atom is -0.460 e. The molecule has 3 nitrogen and oxygen atoms in total. The molecule has 106 valence electrons. The summed E-state index contributed by atoms with van der Waals surface area (Å²) in [6.07, 6.45) is -1.10. The fourth-order valence-electron chi connectivity index (χ4n) is 1.51. The lowest BCUT2D eigenvalue weighted by molar-refractivity contribution is -0.163. The van der Waals surface area contributed by atoms with E-state index in [4.69, 9.17) is 4.74 Å². The molecule has 1 rings (SSSR count). The monoisotopic (exact) mass is 332 g/mol. The van der Waals surface area contributed by atoms with Gasteiger partial charge in [0, 0.05) is 0 Å². The van der Waals surface area contributed by atoms with Crippen molar-refractivity contribution in [3.05, 3.63) is 34.1 Å². The van der Waals surface area contributed by atoms with E-state index >= 15 is 0 Å². The summed E-state index contributed by atoms with van der Waals surface area (Å²) in [6.45, 7) is 6.81. The fraction of sp³-hybridized carbons (Fsp3) is 0.500. The van der Waals surface area contributed by atoms with Crippen molar-refractivity contribution in [2.24, 2.45) is 5.92 Å². The number of ether oxygens (including phenoxy) is 1. The van der Waals surface area contributed by atoms with Gasteiger partial charge in [-0.3, -0.25) is 4.79 Å². The van der Waals surface area contributed by atoms with Crippen LogP contribution in [0.25, 0.3) is 0 Å². The van der Waals surface area contributed by atoms with E-state index in [0.717, 1.165) is 0 Å². The van der Waals surface area contributed by atoms with Gasteiger partial charge in [0.05, 0.1) is 16.5 Å². The highest BCUT2D eigenvalue weighted by Crippen LogP contribution is 2.27. The first-order valence-electron chi connectivity index (χ1n) is 5.97. The average molecular weight is 333 g/mol. The van der Waals surface area contributed by atoms with E-state index < -0.39 is 29.4 Å². The van der Waals surface area contributed by atoms with Gasteiger partial charge in [-0.15, -0.1) is 0 Å². The number of halogens is 2. The lowest BCUT2D eigenvalue weighted by Crippen LogP contribution is -2.30. The van der Waals surface area contributed by atoms with Crippen LogP contribution in [0.15, 0.2) is 22.7 Å². The molecular weight excluding hydrogens is 315 g/mol. The summed E-state index contributed by atoms with van der Waals surface area (Å²) < 4.78 is 18.9. The van der Waals surface area contributed by atoms with Gasteiger partial charge in [0.1, 0.15) is 11.4 Å². The molecule has 2 unspecified atom stereocenters. The number of carbonyl (C=O) groups excluding carboxylic acids is 1. The Labute approximate surface area is 120 Å². The SMILES string of the molecule is CC(C(=O)OC(C)(C)C)C(O)c1ccc(Br)c(F)c1. The predicted molar refractivity (Wildman–Crippen MR) is 74.1 cm³/mol. The van der Waals surface area contributed by atoms with E-state index in [1.165, 1.54) is 12.1 Å². The van der Waals surface area contributed by atoms with Gasteiger partial charge in [-0.05, 0) is 61.3 Å². The highest BCUT2D eigenvalue weighted by atomic mass is 79.9. The Morgan fingerprint density at radius 2 is 2.00 bits per heavy atom. The summed E-state index contributed by atoms with van der Waals surface area (Å²) in [5.74, 6) is -1.75. The van der Waals surface area contributed by atoms with Crippen molar-refractivity contribution in [2.75, 3.05) is 0 Å². The maximum absolute atomic E-state index is 13.4. The third-order valence-corrected chi connectivity index (χ3v) is 3.18. The molecule has 0 aliphatic carbocycles. The lowest BCUT2D eigenvalue weighted by Gasteiger charge is -2.24. The molecule has 1 N–H and O–H groups in total.